The number of piperidine rings is 1. The van der Waals surface area contributed by atoms with Crippen molar-refractivity contribution < 1.29 is 5.11 Å². The molecule has 1 heterocycles. The Bertz CT molecular complexity index is 252. The molecule has 1 rings (SSSR count). The molecule has 0 aromatic rings. The Hall–Kier alpha value is -0.120. The second kappa shape index (κ2) is 7.77. The van der Waals surface area contributed by atoms with Gasteiger partial charge in [-0.1, -0.05) is 27.7 Å². The molecule has 1 fully saturated rings. The lowest BCUT2D eigenvalue weighted by atomic mass is 9.75. The lowest BCUT2D eigenvalue weighted by molar-refractivity contribution is 0.103. The van der Waals surface area contributed by atoms with Crippen LogP contribution in [0.3, 0.4) is 0 Å². The maximum absolute atomic E-state index is 9.56. The summed E-state index contributed by atoms with van der Waals surface area (Å²) in [7, 11) is 1.97. The molecule has 0 radical (unpaired) electrons. The Morgan fingerprint density at radius 3 is 2.20 bits per heavy atom. The fourth-order valence-electron chi connectivity index (χ4n) is 3.41. The van der Waals surface area contributed by atoms with Crippen LogP contribution in [0.15, 0.2) is 0 Å². The molecule has 0 bridgehead atoms. The molecule has 120 valence electrons. The summed E-state index contributed by atoms with van der Waals surface area (Å²) in [6.45, 7) is 13.2. The van der Waals surface area contributed by atoms with Gasteiger partial charge in [0.1, 0.15) is 0 Å². The molecular weight excluding hydrogens is 248 g/mol. The van der Waals surface area contributed by atoms with Gasteiger partial charge in [0, 0.05) is 5.54 Å². The third kappa shape index (κ3) is 5.01. The van der Waals surface area contributed by atoms with Crippen molar-refractivity contribution in [3.05, 3.63) is 0 Å². The standard InChI is InChI=1S/C17H36N2O/c1-6-17(14-20,18-5)10-7-11-19-12-8-15(9-13-19)16(2,3)4/h15,18,20H,6-14H2,1-5H3. The van der Waals surface area contributed by atoms with Crippen LogP contribution in [0.2, 0.25) is 0 Å². The van der Waals surface area contributed by atoms with Gasteiger partial charge in [0.05, 0.1) is 6.61 Å². The zero-order valence-corrected chi connectivity index (χ0v) is 14.3. The number of hydrogen-bond donors (Lipinski definition) is 2. The molecule has 0 amide bonds. The summed E-state index contributed by atoms with van der Waals surface area (Å²) in [6, 6.07) is 0. The Morgan fingerprint density at radius 2 is 1.80 bits per heavy atom. The third-order valence-corrected chi connectivity index (χ3v) is 5.45. The molecule has 3 heteroatoms. The van der Waals surface area contributed by atoms with Crippen molar-refractivity contribution in [3.8, 4) is 0 Å². The topological polar surface area (TPSA) is 35.5 Å². The number of likely N-dealkylation sites (tertiary alicyclic amines) is 1. The van der Waals surface area contributed by atoms with Crippen LogP contribution in [0.5, 0.6) is 0 Å². The van der Waals surface area contributed by atoms with Crippen LogP contribution in [-0.2, 0) is 0 Å². The SMILES string of the molecule is CCC(CO)(CCCN1CCC(C(C)(C)C)CC1)NC. The van der Waals surface area contributed by atoms with E-state index in [0.29, 0.717) is 5.41 Å². The number of aliphatic hydroxyl groups is 1. The van der Waals surface area contributed by atoms with Crippen molar-refractivity contribution in [1.82, 2.24) is 10.2 Å². The van der Waals surface area contributed by atoms with Crippen molar-refractivity contribution in [1.29, 1.82) is 0 Å². The van der Waals surface area contributed by atoms with Gasteiger partial charge in [0.15, 0.2) is 0 Å². The minimum atomic E-state index is -0.0657. The second-order valence-electron chi connectivity index (χ2n) is 7.63. The summed E-state index contributed by atoms with van der Waals surface area (Å²) < 4.78 is 0. The Labute approximate surface area is 126 Å². The van der Waals surface area contributed by atoms with Gasteiger partial charge >= 0.3 is 0 Å². The van der Waals surface area contributed by atoms with Crippen molar-refractivity contribution in [2.24, 2.45) is 11.3 Å². The number of nitrogens with one attached hydrogen (secondary N) is 1. The normalized spacial score (nSPS) is 21.9. The fraction of sp³-hybridized carbons (Fsp3) is 1.00. The van der Waals surface area contributed by atoms with Gasteiger partial charge in [-0.05, 0) is 70.1 Å². The van der Waals surface area contributed by atoms with Crippen molar-refractivity contribution in [2.75, 3.05) is 33.3 Å². The van der Waals surface area contributed by atoms with Crippen molar-refractivity contribution >= 4 is 0 Å². The molecule has 2 N–H and O–H groups in total. The Morgan fingerprint density at radius 1 is 1.20 bits per heavy atom. The molecule has 0 saturated carbocycles. The molecule has 1 aliphatic heterocycles. The highest BCUT2D eigenvalue weighted by molar-refractivity contribution is 4.85. The monoisotopic (exact) mass is 284 g/mol. The minimum Gasteiger partial charge on any atom is -0.394 e. The Kier molecular flexibility index (Phi) is 6.96. The van der Waals surface area contributed by atoms with Gasteiger partial charge in [-0.2, -0.15) is 0 Å². The molecule has 1 atom stereocenters. The van der Waals surface area contributed by atoms with Gasteiger partial charge in [-0.25, -0.2) is 0 Å². The highest BCUT2D eigenvalue weighted by Crippen LogP contribution is 2.34. The van der Waals surface area contributed by atoms with Crippen molar-refractivity contribution in [3.63, 3.8) is 0 Å². The summed E-state index contributed by atoms with van der Waals surface area (Å²) in [4.78, 5) is 2.61. The Balaban J connectivity index is 2.28. The minimum absolute atomic E-state index is 0.0657. The molecule has 0 aromatic carbocycles. The molecule has 1 saturated heterocycles. The molecule has 1 aliphatic rings. The number of rotatable bonds is 7. The number of aliphatic hydroxyl groups excluding tert-OH is 1. The number of hydrogen-bond acceptors (Lipinski definition) is 3. The predicted molar refractivity (Wildman–Crippen MR) is 87.0 cm³/mol. The lowest BCUT2D eigenvalue weighted by Gasteiger charge is -2.39. The molecule has 1 unspecified atom stereocenters. The molecule has 0 spiro atoms. The van der Waals surface area contributed by atoms with E-state index in [1.165, 1.54) is 38.9 Å². The van der Waals surface area contributed by atoms with Crippen LogP contribution in [-0.4, -0.2) is 48.8 Å². The van der Waals surface area contributed by atoms with Gasteiger partial charge in [0.25, 0.3) is 0 Å². The van der Waals surface area contributed by atoms with Crippen molar-refractivity contribution in [2.45, 2.75) is 65.3 Å². The molecule has 3 nitrogen and oxygen atoms in total. The quantitative estimate of drug-likeness (QED) is 0.754. The molecule has 20 heavy (non-hydrogen) atoms. The van der Waals surface area contributed by atoms with Crippen LogP contribution in [0.1, 0.15) is 59.8 Å². The van der Waals surface area contributed by atoms with E-state index < -0.39 is 0 Å². The van der Waals surface area contributed by atoms with E-state index in [0.717, 1.165) is 18.8 Å². The molecule has 0 aliphatic carbocycles. The largest absolute Gasteiger partial charge is 0.394 e. The van der Waals surface area contributed by atoms with Gasteiger partial charge in [-0.3, -0.25) is 0 Å². The van der Waals surface area contributed by atoms with E-state index >= 15 is 0 Å². The smallest absolute Gasteiger partial charge is 0.0613 e. The summed E-state index contributed by atoms with van der Waals surface area (Å²) in [6.07, 6.45) is 5.92. The van der Waals surface area contributed by atoms with E-state index in [1.807, 2.05) is 7.05 Å². The molecule has 0 aromatic heterocycles. The highest BCUT2D eigenvalue weighted by Gasteiger charge is 2.29. The van der Waals surface area contributed by atoms with E-state index in [9.17, 15) is 5.11 Å². The first kappa shape index (κ1) is 17.9. The summed E-state index contributed by atoms with van der Waals surface area (Å²) in [5, 5.41) is 12.9. The van der Waals surface area contributed by atoms with E-state index in [1.54, 1.807) is 0 Å². The number of likely N-dealkylation sites (N-methyl/N-ethyl adjacent to an activating group) is 1. The fourth-order valence-corrected chi connectivity index (χ4v) is 3.41. The van der Waals surface area contributed by atoms with Crippen LogP contribution >= 0.6 is 0 Å². The summed E-state index contributed by atoms with van der Waals surface area (Å²) >= 11 is 0. The van der Waals surface area contributed by atoms with Gasteiger partial charge < -0.3 is 15.3 Å². The van der Waals surface area contributed by atoms with Crippen LogP contribution in [0, 0.1) is 11.3 Å². The van der Waals surface area contributed by atoms with E-state index in [-0.39, 0.29) is 12.1 Å². The van der Waals surface area contributed by atoms with Crippen LogP contribution in [0.25, 0.3) is 0 Å². The average molecular weight is 284 g/mol. The maximum atomic E-state index is 9.56. The lowest BCUT2D eigenvalue weighted by Crippen LogP contribution is -2.46. The third-order valence-electron chi connectivity index (χ3n) is 5.45. The zero-order chi connectivity index (χ0) is 15.2. The molecular formula is C17H36N2O. The highest BCUT2D eigenvalue weighted by atomic mass is 16.3. The summed E-state index contributed by atoms with van der Waals surface area (Å²) in [5.74, 6) is 0.878. The second-order valence-corrected chi connectivity index (χ2v) is 7.63. The van der Waals surface area contributed by atoms with Gasteiger partial charge in [-0.15, -0.1) is 0 Å². The predicted octanol–water partition coefficient (Wildman–Crippen LogP) is 2.89. The van der Waals surface area contributed by atoms with E-state index in [4.69, 9.17) is 0 Å². The first-order valence-corrected chi connectivity index (χ1v) is 8.39. The van der Waals surface area contributed by atoms with E-state index in [2.05, 4.69) is 37.9 Å². The first-order valence-electron chi connectivity index (χ1n) is 8.39. The van der Waals surface area contributed by atoms with Gasteiger partial charge in [0.2, 0.25) is 0 Å². The summed E-state index contributed by atoms with van der Waals surface area (Å²) in [5.41, 5.74) is 0.399. The van der Waals surface area contributed by atoms with Crippen LogP contribution in [0.4, 0.5) is 0 Å². The van der Waals surface area contributed by atoms with Crippen LogP contribution < -0.4 is 5.32 Å². The zero-order valence-electron chi connectivity index (χ0n) is 14.3. The first-order chi connectivity index (χ1) is 9.37. The number of nitrogens with zero attached hydrogens (tertiary/aromatic N) is 1. The average Bonchev–Trinajstić information content (AvgIpc) is 2.44. The maximum Gasteiger partial charge on any atom is 0.0613 e.